The van der Waals surface area contributed by atoms with Crippen LogP contribution in [-0.4, -0.2) is 30.9 Å². The van der Waals surface area contributed by atoms with E-state index in [0.29, 0.717) is 18.1 Å². The maximum absolute atomic E-state index is 12.2. The fourth-order valence-corrected chi connectivity index (χ4v) is 2.14. The van der Waals surface area contributed by atoms with Gasteiger partial charge in [-0.15, -0.1) is 0 Å². The first kappa shape index (κ1) is 18.7. The van der Waals surface area contributed by atoms with Gasteiger partial charge in [0.2, 0.25) is 5.91 Å². The number of likely N-dealkylation sites (N-methyl/N-ethyl adjacent to an activating group) is 2. The Labute approximate surface area is 139 Å². The molecule has 4 nitrogen and oxygen atoms in total. The van der Waals surface area contributed by atoms with Crippen molar-refractivity contribution in [3.05, 3.63) is 67.0 Å². The lowest BCUT2D eigenvalue weighted by Gasteiger charge is -2.22. The van der Waals surface area contributed by atoms with Gasteiger partial charge in [0.25, 0.3) is 0 Å². The summed E-state index contributed by atoms with van der Waals surface area (Å²) in [5.41, 5.74) is 1.05. The maximum atomic E-state index is 12.2. The Balaban J connectivity index is 2.63. The first-order valence-corrected chi connectivity index (χ1v) is 7.68. The molecular formula is C19H26N2O2. The molecule has 4 heteroatoms. The molecule has 1 rings (SSSR count). The van der Waals surface area contributed by atoms with Crippen LogP contribution in [0.3, 0.4) is 0 Å². The molecule has 1 aromatic carbocycles. The van der Waals surface area contributed by atoms with Crippen molar-refractivity contribution in [1.29, 1.82) is 0 Å². The molecule has 0 aliphatic heterocycles. The first-order chi connectivity index (χ1) is 11.0. The van der Waals surface area contributed by atoms with Gasteiger partial charge in [-0.2, -0.15) is 0 Å². The standard InChI is InChI=1S/C19H26N2O2/c1-6-8-9-15(3)23-17-12-10-16(11-13-17)14-21(5)19(22)18(7-2)20-4/h6,8-13,18,20H,1,3,7,14H2,2,4-5H3/b9-8-/t18-/m0/s1. The zero-order valence-corrected chi connectivity index (χ0v) is 14.2. The molecule has 0 spiro atoms. The fraction of sp³-hybridized carbons (Fsp3) is 0.316. The Kier molecular flexibility index (Phi) is 7.84. The number of amides is 1. The van der Waals surface area contributed by atoms with Crippen molar-refractivity contribution in [3.63, 3.8) is 0 Å². The van der Waals surface area contributed by atoms with E-state index in [1.807, 2.05) is 38.2 Å². The third-order valence-electron chi connectivity index (χ3n) is 3.44. The zero-order valence-electron chi connectivity index (χ0n) is 14.2. The summed E-state index contributed by atoms with van der Waals surface area (Å²) in [5.74, 6) is 1.35. The number of ether oxygens (including phenoxy) is 1. The SMILES string of the molecule is C=C/C=C\C(=C)Oc1ccc(CN(C)C(=O)[C@H](CC)NC)cc1. The van der Waals surface area contributed by atoms with Crippen molar-refractivity contribution in [2.24, 2.45) is 0 Å². The smallest absolute Gasteiger partial charge is 0.239 e. The maximum Gasteiger partial charge on any atom is 0.239 e. The summed E-state index contributed by atoms with van der Waals surface area (Å²) in [6.45, 7) is 9.96. The highest BCUT2D eigenvalue weighted by molar-refractivity contribution is 5.81. The molecule has 0 saturated heterocycles. The molecule has 0 fully saturated rings. The van der Waals surface area contributed by atoms with Gasteiger partial charge >= 0.3 is 0 Å². The normalized spacial score (nSPS) is 12.0. The van der Waals surface area contributed by atoms with Gasteiger partial charge in [-0.05, 0) is 37.2 Å². The first-order valence-electron chi connectivity index (χ1n) is 7.68. The summed E-state index contributed by atoms with van der Waals surface area (Å²) in [6.07, 6.45) is 5.95. The van der Waals surface area contributed by atoms with Gasteiger partial charge in [-0.1, -0.05) is 44.4 Å². The molecule has 1 N–H and O–H groups in total. The number of benzene rings is 1. The number of nitrogens with one attached hydrogen (secondary N) is 1. The van der Waals surface area contributed by atoms with E-state index >= 15 is 0 Å². The molecule has 124 valence electrons. The van der Waals surface area contributed by atoms with Crippen molar-refractivity contribution in [1.82, 2.24) is 10.2 Å². The molecule has 23 heavy (non-hydrogen) atoms. The van der Waals surface area contributed by atoms with Crippen molar-refractivity contribution >= 4 is 5.91 Å². The van der Waals surface area contributed by atoms with Crippen LogP contribution < -0.4 is 10.1 Å². The minimum absolute atomic E-state index is 0.0956. The van der Waals surface area contributed by atoms with Crippen LogP contribution in [0.25, 0.3) is 0 Å². The van der Waals surface area contributed by atoms with E-state index in [1.165, 1.54) is 0 Å². The van der Waals surface area contributed by atoms with E-state index in [4.69, 9.17) is 4.74 Å². The van der Waals surface area contributed by atoms with E-state index in [9.17, 15) is 4.79 Å². The highest BCUT2D eigenvalue weighted by atomic mass is 16.5. The van der Waals surface area contributed by atoms with Crippen LogP contribution in [0.1, 0.15) is 18.9 Å². The van der Waals surface area contributed by atoms with Crippen molar-refractivity contribution in [2.45, 2.75) is 25.9 Å². The Morgan fingerprint density at radius 1 is 1.39 bits per heavy atom. The summed E-state index contributed by atoms with van der Waals surface area (Å²) in [6, 6.07) is 7.50. The van der Waals surface area contributed by atoms with E-state index in [2.05, 4.69) is 18.5 Å². The van der Waals surface area contributed by atoms with E-state index < -0.39 is 0 Å². The molecule has 0 radical (unpaired) electrons. The monoisotopic (exact) mass is 314 g/mol. The van der Waals surface area contributed by atoms with Crippen LogP contribution in [0.2, 0.25) is 0 Å². The Morgan fingerprint density at radius 2 is 2.04 bits per heavy atom. The fourth-order valence-electron chi connectivity index (χ4n) is 2.14. The second-order valence-electron chi connectivity index (χ2n) is 5.25. The second kappa shape index (κ2) is 9.64. The van der Waals surface area contributed by atoms with Gasteiger partial charge in [0.1, 0.15) is 11.5 Å². The molecule has 0 bridgehead atoms. The van der Waals surface area contributed by atoms with Crippen LogP contribution in [0, 0.1) is 0 Å². The summed E-state index contributed by atoms with van der Waals surface area (Å²) in [7, 11) is 3.62. The van der Waals surface area contributed by atoms with Gasteiger partial charge in [-0.3, -0.25) is 4.79 Å². The average molecular weight is 314 g/mol. The minimum Gasteiger partial charge on any atom is -0.458 e. The van der Waals surface area contributed by atoms with Crippen LogP contribution in [-0.2, 0) is 11.3 Å². The highest BCUT2D eigenvalue weighted by Crippen LogP contribution is 2.16. The number of carbonyl (C=O) groups is 1. The van der Waals surface area contributed by atoms with Gasteiger partial charge in [-0.25, -0.2) is 0 Å². The van der Waals surface area contributed by atoms with Gasteiger partial charge in [0.05, 0.1) is 6.04 Å². The van der Waals surface area contributed by atoms with Crippen molar-refractivity contribution in [3.8, 4) is 5.75 Å². The second-order valence-corrected chi connectivity index (χ2v) is 5.25. The van der Waals surface area contributed by atoms with E-state index in [1.54, 1.807) is 30.2 Å². The largest absolute Gasteiger partial charge is 0.458 e. The quantitative estimate of drug-likeness (QED) is 0.562. The zero-order chi connectivity index (χ0) is 17.2. The summed E-state index contributed by atoms with van der Waals surface area (Å²) in [4.78, 5) is 14.0. The number of nitrogens with zero attached hydrogens (tertiary/aromatic N) is 1. The molecule has 0 aliphatic carbocycles. The molecule has 1 amide bonds. The predicted molar refractivity (Wildman–Crippen MR) is 95.2 cm³/mol. The molecule has 0 heterocycles. The molecule has 1 aromatic rings. The predicted octanol–water partition coefficient (Wildman–Crippen LogP) is 3.28. The number of carbonyl (C=O) groups excluding carboxylic acids is 1. The Bertz CT molecular complexity index is 557. The van der Waals surface area contributed by atoms with Gasteiger partial charge in [0.15, 0.2) is 0 Å². The topological polar surface area (TPSA) is 41.6 Å². The number of hydrogen-bond acceptors (Lipinski definition) is 3. The van der Waals surface area contributed by atoms with Crippen LogP contribution in [0.5, 0.6) is 5.75 Å². The Morgan fingerprint density at radius 3 is 2.57 bits per heavy atom. The van der Waals surface area contributed by atoms with E-state index in [0.717, 1.165) is 12.0 Å². The minimum atomic E-state index is -0.137. The number of rotatable bonds is 9. The van der Waals surface area contributed by atoms with Crippen LogP contribution in [0.4, 0.5) is 0 Å². The molecular weight excluding hydrogens is 288 g/mol. The number of allylic oxidation sites excluding steroid dienone is 3. The van der Waals surface area contributed by atoms with Crippen LogP contribution >= 0.6 is 0 Å². The average Bonchev–Trinajstić information content (AvgIpc) is 2.55. The molecule has 0 aliphatic rings. The van der Waals surface area contributed by atoms with Crippen LogP contribution in [0.15, 0.2) is 61.4 Å². The number of hydrogen-bond donors (Lipinski definition) is 1. The summed E-state index contributed by atoms with van der Waals surface area (Å²) in [5, 5.41) is 3.03. The summed E-state index contributed by atoms with van der Waals surface area (Å²) >= 11 is 0. The molecule has 1 atom stereocenters. The Hall–Kier alpha value is -2.33. The lowest BCUT2D eigenvalue weighted by Crippen LogP contribution is -2.42. The third-order valence-corrected chi connectivity index (χ3v) is 3.44. The van der Waals surface area contributed by atoms with Gasteiger partial charge < -0.3 is 15.0 Å². The summed E-state index contributed by atoms with van der Waals surface area (Å²) < 4.78 is 5.58. The molecule has 0 unspecified atom stereocenters. The van der Waals surface area contributed by atoms with Crippen molar-refractivity contribution < 1.29 is 9.53 Å². The van der Waals surface area contributed by atoms with Crippen molar-refractivity contribution in [2.75, 3.05) is 14.1 Å². The lowest BCUT2D eigenvalue weighted by atomic mass is 10.1. The molecule has 0 saturated carbocycles. The van der Waals surface area contributed by atoms with Gasteiger partial charge in [0, 0.05) is 13.6 Å². The lowest BCUT2D eigenvalue weighted by molar-refractivity contribution is -0.132. The molecule has 0 aromatic heterocycles. The van der Waals surface area contributed by atoms with E-state index in [-0.39, 0.29) is 11.9 Å². The third kappa shape index (κ3) is 6.12. The highest BCUT2D eigenvalue weighted by Gasteiger charge is 2.18.